The lowest BCUT2D eigenvalue weighted by molar-refractivity contribution is -0.139. The van der Waals surface area contributed by atoms with Gasteiger partial charge in [0.05, 0.1) is 6.42 Å². The van der Waals surface area contributed by atoms with Gasteiger partial charge in [-0.15, -0.1) is 0 Å². The van der Waals surface area contributed by atoms with Crippen molar-refractivity contribution >= 4 is 12.3 Å². The summed E-state index contributed by atoms with van der Waals surface area (Å²) in [6, 6.07) is 0. The van der Waals surface area contributed by atoms with Crippen molar-refractivity contribution in [1.29, 1.82) is 0 Å². The molecule has 0 aromatic rings. The number of carbonyl (C=O) groups is 2. The first kappa shape index (κ1) is 9.23. The van der Waals surface area contributed by atoms with E-state index in [4.69, 9.17) is 5.11 Å². The molecule has 0 saturated heterocycles. The fraction of sp³-hybridized carbons (Fsp3) is 0.778. The Hall–Kier alpha value is -0.860. The lowest BCUT2D eigenvalue weighted by atomic mass is 9.87. The average Bonchev–Trinajstić information content (AvgIpc) is 2.62. The van der Waals surface area contributed by atoms with E-state index in [1.54, 1.807) is 0 Å². The molecular weight excluding hydrogens is 156 g/mol. The molecule has 1 N–H and O–H groups in total. The molecule has 0 heterocycles. The van der Waals surface area contributed by atoms with E-state index in [1.807, 2.05) is 13.8 Å². The van der Waals surface area contributed by atoms with Crippen LogP contribution >= 0.6 is 0 Å². The SMILES string of the molecule is CC(C)[C@]1(CC(=O)O)C[C@H]1C=O. The first-order valence-corrected chi connectivity index (χ1v) is 4.20. The molecule has 0 aromatic carbocycles. The summed E-state index contributed by atoms with van der Waals surface area (Å²) in [5.74, 6) is -0.537. The maximum Gasteiger partial charge on any atom is 0.303 e. The quantitative estimate of drug-likeness (QED) is 0.647. The minimum Gasteiger partial charge on any atom is -0.481 e. The molecule has 1 fully saturated rings. The molecule has 0 bridgehead atoms. The molecule has 3 nitrogen and oxygen atoms in total. The Morgan fingerprint density at radius 2 is 2.33 bits per heavy atom. The van der Waals surface area contributed by atoms with Crippen LogP contribution in [0.15, 0.2) is 0 Å². The Kier molecular flexibility index (Phi) is 2.22. The Morgan fingerprint density at radius 1 is 1.75 bits per heavy atom. The Balaban J connectivity index is 2.65. The molecule has 0 spiro atoms. The van der Waals surface area contributed by atoms with Crippen molar-refractivity contribution in [1.82, 2.24) is 0 Å². The highest BCUT2D eigenvalue weighted by atomic mass is 16.4. The van der Waals surface area contributed by atoms with Crippen LogP contribution < -0.4 is 0 Å². The van der Waals surface area contributed by atoms with Gasteiger partial charge in [0.15, 0.2) is 0 Å². The van der Waals surface area contributed by atoms with Crippen LogP contribution in [0.1, 0.15) is 26.7 Å². The summed E-state index contributed by atoms with van der Waals surface area (Å²) in [5.41, 5.74) is -0.229. The fourth-order valence-electron chi connectivity index (χ4n) is 1.89. The molecule has 1 saturated carbocycles. The lowest BCUT2D eigenvalue weighted by Gasteiger charge is -2.17. The zero-order valence-corrected chi connectivity index (χ0v) is 7.41. The second kappa shape index (κ2) is 2.88. The summed E-state index contributed by atoms with van der Waals surface area (Å²) in [6.45, 7) is 3.96. The Morgan fingerprint density at radius 3 is 2.58 bits per heavy atom. The molecule has 68 valence electrons. The minimum atomic E-state index is -0.798. The van der Waals surface area contributed by atoms with Crippen molar-refractivity contribution in [2.75, 3.05) is 0 Å². The van der Waals surface area contributed by atoms with Crippen molar-refractivity contribution in [3.63, 3.8) is 0 Å². The van der Waals surface area contributed by atoms with E-state index < -0.39 is 5.97 Å². The summed E-state index contributed by atoms with van der Waals surface area (Å²) >= 11 is 0. The van der Waals surface area contributed by atoms with Crippen LogP contribution in [0, 0.1) is 17.3 Å². The van der Waals surface area contributed by atoms with Gasteiger partial charge in [0.25, 0.3) is 0 Å². The van der Waals surface area contributed by atoms with Gasteiger partial charge in [-0.2, -0.15) is 0 Å². The van der Waals surface area contributed by atoms with E-state index >= 15 is 0 Å². The van der Waals surface area contributed by atoms with E-state index in [9.17, 15) is 9.59 Å². The second-order valence-electron chi connectivity index (χ2n) is 3.91. The van der Waals surface area contributed by atoms with Gasteiger partial charge in [0, 0.05) is 5.92 Å². The summed E-state index contributed by atoms with van der Waals surface area (Å²) in [7, 11) is 0. The standard InChI is InChI=1S/C9H14O3/c1-6(2)9(4-8(11)12)3-7(9)5-10/h5-7H,3-4H2,1-2H3,(H,11,12)/t7-,9+/m0/s1. The van der Waals surface area contributed by atoms with E-state index in [0.29, 0.717) is 0 Å². The number of aliphatic carboxylic acids is 1. The molecule has 0 radical (unpaired) electrons. The number of carbonyl (C=O) groups excluding carboxylic acids is 1. The highest BCUT2D eigenvalue weighted by Crippen LogP contribution is 2.59. The van der Waals surface area contributed by atoms with Gasteiger partial charge in [-0.3, -0.25) is 4.79 Å². The van der Waals surface area contributed by atoms with Crippen LogP contribution in [-0.4, -0.2) is 17.4 Å². The van der Waals surface area contributed by atoms with Crippen LogP contribution in [0.5, 0.6) is 0 Å². The number of hydrogen-bond acceptors (Lipinski definition) is 2. The van der Waals surface area contributed by atoms with E-state index in [1.165, 1.54) is 0 Å². The van der Waals surface area contributed by atoms with Gasteiger partial charge in [0.1, 0.15) is 6.29 Å². The van der Waals surface area contributed by atoms with Crippen molar-refractivity contribution in [3.8, 4) is 0 Å². The van der Waals surface area contributed by atoms with Crippen LogP contribution in [-0.2, 0) is 9.59 Å². The first-order valence-electron chi connectivity index (χ1n) is 4.20. The van der Waals surface area contributed by atoms with Crippen molar-refractivity contribution < 1.29 is 14.7 Å². The molecular formula is C9H14O3. The monoisotopic (exact) mass is 170 g/mol. The van der Waals surface area contributed by atoms with Crippen molar-refractivity contribution in [2.45, 2.75) is 26.7 Å². The second-order valence-corrected chi connectivity index (χ2v) is 3.91. The van der Waals surface area contributed by atoms with Gasteiger partial charge in [-0.05, 0) is 17.8 Å². The number of aldehydes is 1. The summed E-state index contributed by atoms with van der Waals surface area (Å²) < 4.78 is 0. The largest absolute Gasteiger partial charge is 0.481 e. The van der Waals surface area contributed by atoms with E-state index in [2.05, 4.69) is 0 Å². The molecule has 1 aliphatic carbocycles. The highest BCUT2D eigenvalue weighted by Gasteiger charge is 2.56. The molecule has 0 aromatic heterocycles. The van der Waals surface area contributed by atoms with Gasteiger partial charge < -0.3 is 9.90 Å². The maximum atomic E-state index is 10.5. The number of hydrogen-bond donors (Lipinski definition) is 1. The topological polar surface area (TPSA) is 54.4 Å². The summed E-state index contributed by atoms with van der Waals surface area (Å²) in [5, 5.41) is 8.64. The lowest BCUT2D eigenvalue weighted by Crippen LogP contribution is -2.18. The molecule has 12 heavy (non-hydrogen) atoms. The number of rotatable bonds is 4. The first-order chi connectivity index (χ1) is 5.53. The van der Waals surface area contributed by atoms with Gasteiger partial charge >= 0.3 is 5.97 Å². The smallest absolute Gasteiger partial charge is 0.303 e. The molecule has 2 atom stereocenters. The highest BCUT2D eigenvalue weighted by molar-refractivity contribution is 5.71. The molecule has 1 rings (SSSR count). The third-order valence-electron chi connectivity index (χ3n) is 2.97. The molecule has 1 aliphatic rings. The van der Waals surface area contributed by atoms with Gasteiger partial charge in [-0.25, -0.2) is 0 Å². The molecule has 0 amide bonds. The molecule has 0 aliphatic heterocycles. The zero-order chi connectivity index (χ0) is 9.35. The third-order valence-corrected chi connectivity index (χ3v) is 2.97. The predicted octanol–water partition coefficient (Wildman–Crippen LogP) is 1.32. The number of carboxylic acid groups (broad SMARTS) is 1. The molecule has 3 heteroatoms. The minimum absolute atomic E-state index is 0.0198. The Bertz CT molecular complexity index is 210. The normalized spacial score (nSPS) is 33.4. The van der Waals surface area contributed by atoms with Gasteiger partial charge in [0.2, 0.25) is 0 Å². The van der Waals surface area contributed by atoms with Gasteiger partial charge in [-0.1, -0.05) is 13.8 Å². The third kappa shape index (κ3) is 1.36. The molecule has 0 unspecified atom stereocenters. The van der Waals surface area contributed by atoms with Crippen molar-refractivity contribution in [2.24, 2.45) is 17.3 Å². The zero-order valence-electron chi connectivity index (χ0n) is 7.41. The van der Waals surface area contributed by atoms with E-state index in [0.717, 1.165) is 12.7 Å². The fourth-order valence-corrected chi connectivity index (χ4v) is 1.89. The average molecular weight is 170 g/mol. The predicted molar refractivity (Wildman–Crippen MR) is 43.7 cm³/mol. The van der Waals surface area contributed by atoms with E-state index in [-0.39, 0.29) is 23.7 Å². The van der Waals surface area contributed by atoms with Crippen LogP contribution in [0.4, 0.5) is 0 Å². The summed E-state index contributed by atoms with van der Waals surface area (Å²) in [6.07, 6.45) is 1.78. The maximum absolute atomic E-state index is 10.5. The summed E-state index contributed by atoms with van der Waals surface area (Å²) in [4.78, 5) is 21.0. The Labute approximate surface area is 71.8 Å². The number of carboxylic acids is 1. The van der Waals surface area contributed by atoms with Crippen LogP contribution in [0.2, 0.25) is 0 Å². The van der Waals surface area contributed by atoms with Crippen molar-refractivity contribution in [3.05, 3.63) is 0 Å². The van der Waals surface area contributed by atoms with Crippen LogP contribution in [0.3, 0.4) is 0 Å². The van der Waals surface area contributed by atoms with Crippen LogP contribution in [0.25, 0.3) is 0 Å².